The van der Waals surface area contributed by atoms with Crippen LogP contribution in [-0.2, 0) is 6.61 Å². The fourth-order valence-electron chi connectivity index (χ4n) is 2.56. The minimum absolute atomic E-state index is 0.190. The van der Waals surface area contributed by atoms with E-state index >= 15 is 0 Å². The van der Waals surface area contributed by atoms with Crippen LogP contribution in [0.2, 0.25) is 0 Å². The molecule has 1 N–H and O–H groups in total. The zero-order valence-corrected chi connectivity index (χ0v) is 13.9. The van der Waals surface area contributed by atoms with Crippen molar-refractivity contribution in [3.05, 3.63) is 90.6 Å². The van der Waals surface area contributed by atoms with Crippen molar-refractivity contribution < 1.29 is 9.53 Å². The molecule has 4 rings (SSSR count). The van der Waals surface area contributed by atoms with Crippen molar-refractivity contribution in [3.63, 3.8) is 0 Å². The zero-order valence-electron chi connectivity index (χ0n) is 13.9. The molecule has 0 aliphatic carbocycles. The Kier molecular flexibility index (Phi) is 4.30. The van der Waals surface area contributed by atoms with E-state index in [1.807, 2.05) is 35.0 Å². The monoisotopic (exact) mass is 344 g/mol. The Labute approximate surface area is 150 Å². The Hall–Kier alpha value is -3.67. The standard InChI is InChI=1S/C20H16N4O2/c25-20(23-16-4-3-10-21-12-16)15-6-8-18(9-7-15)26-14-17-13-24-11-2-1-5-19(24)22-17/h1-13H,14H2,(H,23,25). The number of fused-ring (bicyclic) bond motifs is 1. The number of hydrogen-bond acceptors (Lipinski definition) is 4. The molecule has 3 heterocycles. The van der Waals surface area contributed by atoms with Crippen molar-refractivity contribution >= 4 is 17.2 Å². The molecule has 0 aliphatic heterocycles. The van der Waals surface area contributed by atoms with Gasteiger partial charge in [0.2, 0.25) is 0 Å². The summed E-state index contributed by atoms with van der Waals surface area (Å²) in [5.74, 6) is 0.491. The number of ether oxygens (including phenoxy) is 1. The van der Waals surface area contributed by atoms with Gasteiger partial charge in [0.1, 0.15) is 18.0 Å². The first-order valence-corrected chi connectivity index (χ1v) is 8.15. The Balaban J connectivity index is 1.38. The second-order valence-corrected chi connectivity index (χ2v) is 5.71. The highest BCUT2D eigenvalue weighted by atomic mass is 16.5. The summed E-state index contributed by atoms with van der Waals surface area (Å²) >= 11 is 0. The van der Waals surface area contributed by atoms with E-state index in [-0.39, 0.29) is 5.91 Å². The van der Waals surface area contributed by atoms with Crippen molar-refractivity contribution in [3.8, 4) is 5.75 Å². The molecule has 0 saturated heterocycles. The first-order valence-electron chi connectivity index (χ1n) is 8.15. The van der Waals surface area contributed by atoms with Gasteiger partial charge in [0.25, 0.3) is 5.91 Å². The number of nitrogens with zero attached hydrogens (tertiary/aromatic N) is 3. The average molecular weight is 344 g/mol. The van der Waals surface area contributed by atoms with Crippen LogP contribution in [0.15, 0.2) is 79.4 Å². The molecule has 3 aromatic heterocycles. The summed E-state index contributed by atoms with van der Waals surface area (Å²) < 4.78 is 7.71. The van der Waals surface area contributed by atoms with Gasteiger partial charge in [0, 0.05) is 24.2 Å². The molecular formula is C20H16N4O2. The maximum Gasteiger partial charge on any atom is 0.255 e. The fraction of sp³-hybridized carbons (Fsp3) is 0.0500. The van der Waals surface area contributed by atoms with Crippen LogP contribution in [0.5, 0.6) is 5.75 Å². The van der Waals surface area contributed by atoms with Crippen molar-refractivity contribution in [2.45, 2.75) is 6.61 Å². The van der Waals surface area contributed by atoms with Crippen LogP contribution in [0, 0.1) is 0 Å². The van der Waals surface area contributed by atoms with Gasteiger partial charge in [-0.3, -0.25) is 9.78 Å². The molecule has 0 fully saturated rings. The third-order valence-electron chi connectivity index (χ3n) is 3.84. The summed E-state index contributed by atoms with van der Waals surface area (Å²) in [6.45, 7) is 0.364. The molecule has 0 saturated carbocycles. The quantitative estimate of drug-likeness (QED) is 0.601. The fourth-order valence-corrected chi connectivity index (χ4v) is 2.56. The second-order valence-electron chi connectivity index (χ2n) is 5.71. The molecule has 26 heavy (non-hydrogen) atoms. The van der Waals surface area contributed by atoms with E-state index in [2.05, 4.69) is 15.3 Å². The van der Waals surface area contributed by atoms with Gasteiger partial charge in [-0.2, -0.15) is 0 Å². The number of pyridine rings is 2. The Morgan fingerprint density at radius 1 is 1.08 bits per heavy atom. The highest BCUT2D eigenvalue weighted by molar-refractivity contribution is 6.04. The molecule has 0 atom stereocenters. The van der Waals surface area contributed by atoms with E-state index in [1.54, 1.807) is 48.8 Å². The van der Waals surface area contributed by atoms with Crippen LogP contribution < -0.4 is 10.1 Å². The van der Waals surface area contributed by atoms with Crippen LogP contribution in [0.25, 0.3) is 5.65 Å². The molecule has 6 nitrogen and oxygen atoms in total. The lowest BCUT2D eigenvalue weighted by atomic mass is 10.2. The molecule has 0 spiro atoms. The first kappa shape index (κ1) is 15.8. The van der Waals surface area contributed by atoms with Crippen LogP contribution in [-0.4, -0.2) is 20.3 Å². The third kappa shape index (κ3) is 3.54. The maximum absolute atomic E-state index is 12.2. The summed E-state index contributed by atoms with van der Waals surface area (Å²) in [6.07, 6.45) is 7.14. The molecule has 1 aromatic carbocycles. The summed E-state index contributed by atoms with van der Waals surface area (Å²) in [7, 11) is 0. The van der Waals surface area contributed by atoms with Crippen molar-refractivity contribution in [2.24, 2.45) is 0 Å². The summed E-state index contributed by atoms with van der Waals surface area (Å²) in [5.41, 5.74) is 2.93. The van der Waals surface area contributed by atoms with Gasteiger partial charge in [0.15, 0.2) is 0 Å². The number of nitrogens with one attached hydrogen (secondary N) is 1. The SMILES string of the molecule is O=C(Nc1cccnc1)c1ccc(OCc2cn3ccccc3n2)cc1. The van der Waals surface area contributed by atoms with Crippen LogP contribution in [0.4, 0.5) is 5.69 Å². The van der Waals surface area contributed by atoms with E-state index in [9.17, 15) is 4.79 Å². The van der Waals surface area contributed by atoms with Crippen LogP contribution >= 0.6 is 0 Å². The number of rotatable bonds is 5. The normalized spacial score (nSPS) is 10.6. The molecule has 1 amide bonds. The summed E-state index contributed by atoms with van der Waals surface area (Å²) in [4.78, 5) is 20.7. The highest BCUT2D eigenvalue weighted by Gasteiger charge is 2.07. The number of hydrogen-bond donors (Lipinski definition) is 1. The van der Waals surface area contributed by atoms with E-state index in [0.29, 0.717) is 23.6 Å². The van der Waals surface area contributed by atoms with E-state index in [0.717, 1.165) is 11.3 Å². The number of benzene rings is 1. The lowest BCUT2D eigenvalue weighted by molar-refractivity contribution is 0.102. The largest absolute Gasteiger partial charge is 0.487 e. The zero-order chi connectivity index (χ0) is 17.8. The Bertz CT molecular complexity index is 994. The number of anilines is 1. The van der Waals surface area contributed by atoms with Gasteiger partial charge in [-0.1, -0.05) is 6.07 Å². The third-order valence-corrected chi connectivity index (χ3v) is 3.84. The van der Waals surface area contributed by atoms with Gasteiger partial charge < -0.3 is 14.5 Å². The number of imidazole rings is 1. The topological polar surface area (TPSA) is 68.5 Å². The number of carbonyl (C=O) groups is 1. The summed E-state index contributed by atoms with van der Waals surface area (Å²) in [5, 5.41) is 2.80. The maximum atomic E-state index is 12.2. The first-order chi connectivity index (χ1) is 12.8. The lowest BCUT2D eigenvalue weighted by Crippen LogP contribution is -2.11. The smallest absolute Gasteiger partial charge is 0.255 e. The minimum Gasteiger partial charge on any atom is -0.487 e. The molecule has 0 unspecified atom stereocenters. The number of amides is 1. The van der Waals surface area contributed by atoms with Crippen LogP contribution in [0.3, 0.4) is 0 Å². The molecule has 0 bridgehead atoms. The average Bonchev–Trinajstić information content (AvgIpc) is 3.10. The number of carbonyl (C=O) groups excluding carboxylic acids is 1. The van der Waals surface area contributed by atoms with Crippen LogP contribution in [0.1, 0.15) is 16.1 Å². The Morgan fingerprint density at radius 3 is 2.73 bits per heavy atom. The molecule has 0 aliphatic rings. The molecule has 6 heteroatoms. The van der Waals surface area contributed by atoms with Crippen molar-refractivity contribution in [1.82, 2.24) is 14.4 Å². The predicted octanol–water partition coefficient (Wildman–Crippen LogP) is 3.56. The minimum atomic E-state index is -0.190. The predicted molar refractivity (Wildman–Crippen MR) is 98.2 cm³/mol. The van der Waals surface area contributed by atoms with Crippen molar-refractivity contribution in [2.75, 3.05) is 5.32 Å². The molecule has 4 aromatic rings. The van der Waals surface area contributed by atoms with E-state index < -0.39 is 0 Å². The number of aromatic nitrogens is 3. The lowest BCUT2D eigenvalue weighted by Gasteiger charge is -2.07. The molecule has 0 radical (unpaired) electrons. The Morgan fingerprint density at radius 2 is 1.96 bits per heavy atom. The second kappa shape index (κ2) is 7.06. The van der Waals surface area contributed by atoms with Gasteiger partial charge in [-0.15, -0.1) is 0 Å². The van der Waals surface area contributed by atoms with Gasteiger partial charge in [0.05, 0.1) is 17.6 Å². The summed E-state index contributed by atoms with van der Waals surface area (Å²) in [6, 6.07) is 16.4. The highest BCUT2D eigenvalue weighted by Crippen LogP contribution is 2.16. The van der Waals surface area contributed by atoms with Gasteiger partial charge in [-0.25, -0.2) is 4.98 Å². The van der Waals surface area contributed by atoms with E-state index in [4.69, 9.17) is 4.74 Å². The van der Waals surface area contributed by atoms with Gasteiger partial charge in [-0.05, 0) is 48.5 Å². The van der Waals surface area contributed by atoms with E-state index in [1.165, 1.54) is 0 Å². The van der Waals surface area contributed by atoms with Gasteiger partial charge >= 0.3 is 0 Å². The molecule has 128 valence electrons. The molecular weight excluding hydrogens is 328 g/mol. The van der Waals surface area contributed by atoms with Crippen molar-refractivity contribution in [1.29, 1.82) is 0 Å².